The standard InChI is InChI=1S/C49H67F5N6O17/c1-2-3-8-35(64)55-14-6-4-5-7-16-75-49(48(69)70)26-33(62)44(57-37(66)29-61)47(77-49)45(68)34(63)27-56-36(65)25-30-9-11-31(12-10-30)32-28-60(59-58-32)15-18-72-20-22-74-24-23-73-21-19-71-17-13-38(67)76-46-42(53)40(51)39(50)41(52)43(46)54/h9-12,28,33-34,44-45,47,61-63,68H,2-8,13-27,29H2,1H3,(H,55,64)(H,56,65)(H,57,66)(H,69,70)/t33-,34+,44+,45+,47+,49+/m0/s1. The Morgan fingerprint density at radius 3 is 2.00 bits per heavy atom. The SMILES string of the molecule is CCCCC(=O)NCCCCCCO[C@]1(C(=O)O)C[C@H](O)[C@@H](NC(=O)CO)[C@H]([C@H](O)[C@H](O)CNC(=O)Cc2ccc(-c3cn(CCOCCOCCOCCOCCC(=O)Oc4c(F)c(F)c(F)c(F)c4F)nn3)cc2)O1. The van der Waals surface area contributed by atoms with Crippen LogP contribution in [0.4, 0.5) is 22.0 Å². The number of amides is 3. The number of esters is 1. The third kappa shape index (κ3) is 20.8. The van der Waals surface area contributed by atoms with E-state index in [1.54, 1.807) is 35.1 Å². The second-order valence-electron chi connectivity index (χ2n) is 17.6. The zero-order valence-corrected chi connectivity index (χ0v) is 42.4. The molecule has 6 atom stereocenters. The first-order valence-electron chi connectivity index (χ1n) is 25.0. The van der Waals surface area contributed by atoms with E-state index in [0.717, 1.165) is 12.8 Å². The number of halogens is 5. The minimum atomic E-state index is -2.49. The molecule has 430 valence electrons. The molecule has 1 saturated heterocycles. The quantitative estimate of drug-likeness (QED) is 0.0101. The first-order valence-corrected chi connectivity index (χ1v) is 25.0. The Hall–Kier alpha value is -5.82. The van der Waals surface area contributed by atoms with Crippen LogP contribution in [0.15, 0.2) is 30.5 Å². The van der Waals surface area contributed by atoms with Crippen LogP contribution in [0.2, 0.25) is 0 Å². The molecular weight excluding hydrogens is 1040 g/mol. The number of carboxylic acids is 1. The third-order valence-corrected chi connectivity index (χ3v) is 11.7. The topological polar surface area (TPSA) is 318 Å². The fourth-order valence-corrected chi connectivity index (χ4v) is 7.47. The predicted molar refractivity (Wildman–Crippen MR) is 256 cm³/mol. The minimum absolute atomic E-state index is 0.0198. The lowest BCUT2D eigenvalue weighted by Gasteiger charge is -2.46. The zero-order chi connectivity index (χ0) is 56.3. The van der Waals surface area contributed by atoms with Crippen molar-refractivity contribution in [2.24, 2.45) is 0 Å². The van der Waals surface area contributed by atoms with Crippen molar-refractivity contribution in [3.05, 3.63) is 65.1 Å². The Bertz CT molecular complexity index is 2310. The molecule has 0 unspecified atom stereocenters. The number of aromatic nitrogens is 3. The molecule has 77 heavy (non-hydrogen) atoms. The van der Waals surface area contributed by atoms with Crippen molar-refractivity contribution in [1.29, 1.82) is 0 Å². The molecule has 3 aromatic rings. The first-order chi connectivity index (χ1) is 36.9. The normalized spacial score (nSPS) is 18.1. The van der Waals surface area contributed by atoms with Gasteiger partial charge in [-0.25, -0.2) is 22.6 Å². The van der Waals surface area contributed by atoms with E-state index in [2.05, 4.69) is 31.0 Å². The smallest absolute Gasteiger partial charge is 0.364 e. The molecule has 0 bridgehead atoms. The number of carbonyl (C=O) groups is 5. The van der Waals surface area contributed by atoms with Gasteiger partial charge in [-0.3, -0.25) is 19.2 Å². The van der Waals surface area contributed by atoms with E-state index in [0.29, 0.717) is 62.0 Å². The van der Waals surface area contributed by atoms with E-state index in [1.807, 2.05) is 6.92 Å². The second-order valence-corrected chi connectivity index (χ2v) is 17.6. The van der Waals surface area contributed by atoms with Crippen LogP contribution in [0, 0.1) is 29.1 Å². The van der Waals surface area contributed by atoms with Crippen LogP contribution in [0.25, 0.3) is 11.3 Å². The summed E-state index contributed by atoms with van der Waals surface area (Å²) in [5, 5.41) is 68.8. The fraction of sp³-hybridized carbons (Fsp3) is 0.612. The zero-order valence-electron chi connectivity index (χ0n) is 42.4. The largest absolute Gasteiger partial charge is 0.477 e. The summed E-state index contributed by atoms with van der Waals surface area (Å²) in [6.07, 6.45) is -2.33. The first kappa shape index (κ1) is 63.7. The molecule has 1 aromatic heterocycles. The summed E-state index contributed by atoms with van der Waals surface area (Å²) in [4.78, 5) is 61.2. The van der Waals surface area contributed by atoms with Gasteiger partial charge in [0.15, 0.2) is 0 Å². The van der Waals surface area contributed by atoms with Crippen LogP contribution in [0.1, 0.15) is 70.3 Å². The number of benzene rings is 2. The monoisotopic (exact) mass is 1110 g/mol. The second kappa shape index (κ2) is 33.5. The number of hydrogen-bond acceptors (Lipinski definition) is 18. The van der Waals surface area contributed by atoms with Gasteiger partial charge in [0.05, 0.1) is 103 Å². The van der Waals surface area contributed by atoms with Gasteiger partial charge in [-0.05, 0) is 24.8 Å². The number of aliphatic hydroxyl groups is 4. The van der Waals surface area contributed by atoms with Gasteiger partial charge in [0.2, 0.25) is 52.6 Å². The molecule has 1 aliphatic heterocycles. The van der Waals surface area contributed by atoms with E-state index in [-0.39, 0.29) is 71.8 Å². The maximum absolute atomic E-state index is 13.7. The van der Waals surface area contributed by atoms with Crippen molar-refractivity contribution in [3.8, 4) is 17.0 Å². The van der Waals surface area contributed by atoms with Crippen LogP contribution in [0.3, 0.4) is 0 Å². The van der Waals surface area contributed by atoms with E-state index in [1.165, 1.54) is 0 Å². The highest BCUT2D eigenvalue weighted by Gasteiger charge is 2.56. The van der Waals surface area contributed by atoms with Crippen LogP contribution in [-0.4, -0.2) is 186 Å². The molecule has 8 N–H and O–H groups in total. The van der Waals surface area contributed by atoms with Crippen molar-refractivity contribution in [3.63, 3.8) is 0 Å². The molecule has 3 amide bonds. The Morgan fingerprint density at radius 1 is 0.766 bits per heavy atom. The van der Waals surface area contributed by atoms with E-state index < -0.39 is 121 Å². The summed E-state index contributed by atoms with van der Waals surface area (Å²) in [7, 11) is 0. The molecule has 1 aliphatic rings. The molecule has 2 heterocycles. The summed E-state index contributed by atoms with van der Waals surface area (Å²) < 4.78 is 106. The van der Waals surface area contributed by atoms with Crippen molar-refractivity contribution in [1.82, 2.24) is 30.9 Å². The Labute approximate surface area is 439 Å². The minimum Gasteiger partial charge on any atom is -0.477 e. The molecule has 4 rings (SSSR count). The molecule has 28 heteroatoms. The van der Waals surface area contributed by atoms with Gasteiger partial charge in [0.1, 0.15) is 24.5 Å². The maximum atomic E-state index is 13.7. The summed E-state index contributed by atoms with van der Waals surface area (Å²) in [6, 6.07) is 5.32. The molecule has 23 nitrogen and oxygen atoms in total. The highest BCUT2D eigenvalue weighted by molar-refractivity contribution is 5.79. The highest BCUT2D eigenvalue weighted by atomic mass is 19.2. The van der Waals surface area contributed by atoms with Gasteiger partial charge in [-0.1, -0.05) is 55.7 Å². The number of aliphatic carboxylic acids is 1. The predicted octanol–water partition coefficient (Wildman–Crippen LogP) is 1.37. The van der Waals surface area contributed by atoms with Gasteiger partial charge in [-0.15, -0.1) is 5.10 Å². The Balaban J connectivity index is 1.10. The molecule has 1 fully saturated rings. The highest BCUT2D eigenvalue weighted by Crippen LogP contribution is 2.34. The average Bonchev–Trinajstić information content (AvgIpc) is 3.90. The average molecular weight is 1110 g/mol. The van der Waals surface area contributed by atoms with Crippen LogP contribution in [-0.2, 0) is 65.4 Å². The summed E-state index contributed by atoms with van der Waals surface area (Å²) in [5.41, 5.74) is 1.81. The van der Waals surface area contributed by atoms with Gasteiger partial charge < -0.3 is 74.6 Å². The number of unbranched alkanes of at least 4 members (excludes halogenated alkanes) is 4. The number of ether oxygens (including phenoxy) is 7. The number of nitrogens with zero attached hydrogens (tertiary/aromatic N) is 3. The van der Waals surface area contributed by atoms with Crippen molar-refractivity contribution >= 4 is 29.7 Å². The van der Waals surface area contributed by atoms with Gasteiger partial charge in [0, 0.05) is 31.5 Å². The van der Waals surface area contributed by atoms with Gasteiger partial charge >= 0.3 is 11.9 Å². The lowest BCUT2D eigenvalue weighted by molar-refractivity contribution is -0.310. The Kier molecular flexibility index (Phi) is 27.7. The number of rotatable bonds is 37. The van der Waals surface area contributed by atoms with Crippen LogP contribution < -0.4 is 20.7 Å². The van der Waals surface area contributed by atoms with E-state index in [4.69, 9.17) is 28.4 Å². The number of hydrogen-bond donors (Lipinski definition) is 8. The van der Waals surface area contributed by atoms with Gasteiger partial charge in [0.25, 0.3) is 5.79 Å². The maximum Gasteiger partial charge on any atom is 0.364 e. The van der Waals surface area contributed by atoms with Gasteiger partial charge in [-0.2, -0.15) is 8.78 Å². The van der Waals surface area contributed by atoms with Crippen molar-refractivity contribution in [2.75, 3.05) is 79.2 Å². The number of carbonyl (C=O) groups excluding carboxylic acids is 4. The number of carboxylic acid groups (broad SMARTS) is 1. The van der Waals surface area contributed by atoms with Crippen molar-refractivity contribution < 1.29 is 105 Å². The molecule has 0 saturated carbocycles. The summed E-state index contributed by atoms with van der Waals surface area (Å²) >= 11 is 0. The molecule has 0 spiro atoms. The number of aliphatic hydroxyl groups excluding tert-OH is 4. The number of nitrogens with one attached hydrogen (secondary N) is 3. The van der Waals surface area contributed by atoms with Crippen LogP contribution >= 0.6 is 0 Å². The fourth-order valence-electron chi connectivity index (χ4n) is 7.47. The van der Waals surface area contributed by atoms with E-state index >= 15 is 0 Å². The lowest BCUT2D eigenvalue weighted by atomic mass is 9.88. The van der Waals surface area contributed by atoms with E-state index in [9.17, 15) is 71.5 Å². The lowest BCUT2D eigenvalue weighted by Crippen LogP contribution is -2.68. The summed E-state index contributed by atoms with van der Waals surface area (Å²) in [5.74, 6) is -20.0. The van der Waals surface area contributed by atoms with Crippen LogP contribution in [0.5, 0.6) is 5.75 Å². The molecule has 0 aliphatic carbocycles. The summed E-state index contributed by atoms with van der Waals surface area (Å²) in [6.45, 7) is 2.25. The molecular formula is C49H67F5N6O17. The molecule has 0 radical (unpaired) electrons. The van der Waals surface area contributed by atoms with Crippen molar-refractivity contribution in [2.45, 2.75) is 114 Å². The third-order valence-electron chi connectivity index (χ3n) is 11.7. The Morgan fingerprint density at radius 2 is 1.38 bits per heavy atom. The molecule has 2 aromatic carbocycles.